The maximum absolute atomic E-state index is 7.00. The molecule has 7 aromatic carbocycles. The second kappa shape index (κ2) is 7.53. The van der Waals surface area contributed by atoms with Crippen LogP contribution in [0.1, 0.15) is 0 Å². The van der Waals surface area contributed by atoms with Gasteiger partial charge in [-0.3, -0.25) is 0 Å². The Kier molecular flexibility index (Phi) is 4.24. The van der Waals surface area contributed by atoms with E-state index in [2.05, 4.69) is 0 Å². The van der Waals surface area contributed by atoms with Crippen LogP contribution in [0, 0.1) is 0 Å². The van der Waals surface area contributed by atoms with Crippen LogP contribution in [-0.2, 0) is 0 Å². The minimum Gasteiger partial charge on any atom is -0.397 e. The van der Waals surface area contributed by atoms with E-state index in [0.29, 0.717) is 87.6 Å². The molecule has 0 amide bonds. The zero-order chi connectivity index (χ0) is 34.5. The van der Waals surface area contributed by atoms with Crippen LogP contribution in [0.4, 0.5) is 91.0 Å². The molecule has 0 fully saturated rings. The lowest BCUT2D eigenvalue weighted by Crippen LogP contribution is -2.08. The van der Waals surface area contributed by atoms with Gasteiger partial charge in [0.25, 0.3) is 0 Å². The summed E-state index contributed by atoms with van der Waals surface area (Å²) in [7, 11) is 0. The molecular weight excluding hydrogens is 608 g/mol. The third kappa shape index (κ3) is 2.35. The van der Waals surface area contributed by atoms with E-state index in [0.717, 1.165) is 0 Å². The predicted molar refractivity (Wildman–Crippen MR) is 207 cm³/mol. The molecule has 0 spiro atoms. The van der Waals surface area contributed by atoms with Crippen molar-refractivity contribution in [2.45, 2.75) is 0 Å². The summed E-state index contributed by atoms with van der Waals surface area (Å²) < 4.78 is 0. The molecule has 0 aliphatic heterocycles. The lowest BCUT2D eigenvalue weighted by Gasteiger charge is -2.25. The third-order valence-electron chi connectivity index (χ3n) is 10.6. The Hall–Kier alpha value is -7.36. The highest BCUT2D eigenvalue weighted by atomic mass is 14.8. The lowest BCUT2D eigenvalue weighted by molar-refractivity contribution is 1.63. The van der Waals surface area contributed by atoms with E-state index in [-0.39, 0.29) is 91.0 Å². The fourth-order valence-corrected chi connectivity index (χ4v) is 8.43. The van der Waals surface area contributed by atoms with Gasteiger partial charge in [0.1, 0.15) is 0 Å². The Morgan fingerprint density at radius 1 is 0.125 bits per heavy atom. The summed E-state index contributed by atoms with van der Waals surface area (Å²) in [5.41, 5.74) is 113. The van der Waals surface area contributed by atoms with Gasteiger partial charge in [0.2, 0.25) is 0 Å². The van der Waals surface area contributed by atoms with Crippen LogP contribution in [0.15, 0.2) is 0 Å². The van der Waals surface area contributed by atoms with Gasteiger partial charge in [-0.25, -0.2) is 0 Å². The second-order valence-corrected chi connectivity index (χ2v) is 12.6. The van der Waals surface area contributed by atoms with Crippen molar-refractivity contribution in [2.75, 3.05) is 91.7 Å². The number of benzene rings is 7. The summed E-state index contributed by atoms with van der Waals surface area (Å²) in [6.07, 6.45) is 0. The normalized spacial score (nSPS) is 12.7. The summed E-state index contributed by atoms with van der Waals surface area (Å²) >= 11 is 0. The van der Waals surface area contributed by atoms with Crippen LogP contribution in [0.25, 0.3) is 87.6 Å². The van der Waals surface area contributed by atoms with Gasteiger partial charge in [-0.15, -0.1) is 0 Å². The first-order chi connectivity index (χ1) is 22.6. The van der Waals surface area contributed by atoms with Crippen LogP contribution in [0.2, 0.25) is 0 Å². The molecule has 16 nitrogen and oxygen atoms in total. The topological polar surface area (TPSA) is 416 Å². The Bertz CT molecular complexity index is 2460. The number of anilines is 16. The Balaban J connectivity index is 1.67. The van der Waals surface area contributed by atoms with Crippen molar-refractivity contribution in [1.82, 2.24) is 0 Å². The van der Waals surface area contributed by atoms with Crippen molar-refractivity contribution in [3.05, 3.63) is 0 Å². The molecule has 0 saturated heterocycles. The van der Waals surface area contributed by atoms with Gasteiger partial charge < -0.3 is 91.7 Å². The number of nitrogen functional groups attached to an aromatic ring is 16. The van der Waals surface area contributed by atoms with Crippen molar-refractivity contribution < 1.29 is 0 Å². The smallest absolute Gasteiger partial charge is 0.0809 e. The van der Waals surface area contributed by atoms with Gasteiger partial charge in [0, 0.05) is 87.6 Å². The zero-order valence-corrected chi connectivity index (χ0v) is 25.2. The molecule has 48 heavy (non-hydrogen) atoms. The molecule has 0 bridgehead atoms. The van der Waals surface area contributed by atoms with E-state index >= 15 is 0 Å². The van der Waals surface area contributed by atoms with E-state index in [1.807, 2.05) is 0 Å². The van der Waals surface area contributed by atoms with Gasteiger partial charge >= 0.3 is 0 Å². The summed E-state index contributed by atoms with van der Waals surface area (Å²) in [5, 5.41) is 4.02. The maximum Gasteiger partial charge on any atom is 0.0809 e. The second-order valence-electron chi connectivity index (χ2n) is 12.6. The molecule has 32 N–H and O–H groups in total. The first-order valence-corrected chi connectivity index (χ1v) is 14.6. The summed E-state index contributed by atoms with van der Waals surface area (Å²) in [6, 6.07) is 0. The molecule has 2 aliphatic rings. The van der Waals surface area contributed by atoms with Gasteiger partial charge in [-0.1, -0.05) is 0 Å². The Labute approximate surface area is 270 Å². The van der Waals surface area contributed by atoms with Crippen molar-refractivity contribution in [1.29, 1.82) is 0 Å². The van der Waals surface area contributed by atoms with Gasteiger partial charge in [0.05, 0.1) is 91.0 Å². The molecule has 0 heterocycles. The highest BCUT2D eigenvalue weighted by molar-refractivity contribution is 6.51. The first-order valence-electron chi connectivity index (χ1n) is 14.6. The van der Waals surface area contributed by atoms with Gasteiger partial charge in [-0.2, -0.15) is 0 Å². The molecule has 7 aromatic rings. The zero-order valence-electron chi connectivity index (χ0n) is 25.2. The molecule has 0 saturated carbocycles. The monoisotopic (exact) mass is 640 g/mol. The van der Waals surface area contributed by atoms with Crippen LogP contribution < -0.4 is 91.7 Å². The molecule has 2 aliphatic carbocycles. The SMILES string of the molecule is Nc1c(N)c(N)c2c(c1N)-c1c(N)c(N)c3c4c(N)c(N)c5c6c(c(N)c(N)c(c7c(N)c(N)c-2c1c37)c64)-c1c(N)c(N)c(N)c(N)c1-5. The largest absolute Gasteiger partial charge is 0.397 e. The highest BCUT2D eigenvalue weighted by Gasteiger charge is 2.40. The van der Waals surface area contributed by atoms with Gasteiger partial charge in [-0.05, 0) is 0 Å². The van der Waals surface area contributed by atoms with E-state index < -0.39 is 0 Å². The number of rotatable bonds is 0. The van der Waals surface area contributed by atoms with E-state index in [4.69, 9.17) is 91.7 Å². The third-order valence-corrected chi connectivity index (χ3v) is 10.6. The molecule has 9 rings (SSSR count). The van der Waals surface area contributed by atoms with Crippen molar-refractivity contribution in [3.8, 4) is 44.5 Å². The standard InChI is InChI=1S/C32H32N16/c33-17-5-1-3-9(21(17)37)13-14(26(42)30(46)29(45)25(13)41)10(3)22(38)18(34)6(1)8-2-4-11(23(39)19(35)7(2)5)15-16(12(4)24(40)20(8)36)28(44)32(48)31(47)27(15)43/h33-48H2. The van der Waals surface area contributed by atoms with E-state index in [1.165, 1.54) is 0 Å². The molecule has 240 valence electrons. The molecule has 0 radical (unpaired) electrons. The van der Waals surface area contributed by atoms with Crippen LogP contribution in [0.5, 0.6) is 0 Å². The summed E-state index contributed by atoms with van der Waals surface area (Å²) in [6.45, 7) is 0. The summed E-state index contributed by atoms with van der Waals surface area (Å²) in [4.78, 5) is 0. The minimum absolute atomic E-state index is 0.0927. The molecule has 0 aromatic heterocycles. The highest BCUT2D eigenvalue weighted by Crippen LogP contribution is 2.68. The average Bonchev–Trinajstić information content (AvgIpc) is 3.61. The summed E-state index contributed by atoms with van der Waals surface area (Å²) in [5.74, 6) is 0. The van der Waals surface area contributed by atoms with Crippen molar-refractivity contribution in [3.63, 3.8) is 0 Å². The van der Waals surface area contributed by atoms with E-state index in [9.17, 15) is 0 Å². The fraction of sp³-hybridized carbons (Fsp3) is 0. The van der Waals surface area contributed by atoms with Crippen molar-refractivity contribution >= 4 is 134 Å². The first kappa shape index (κ1) is 27.0. The van der Waals surface area contributed by atoms with Crippen molar-refractivity contribution in [2.24, 2.45) is 0 Å². The van der Waals surface area contributed by atoms with Gasteiger partial charge in [0.15, 0.2) is 0 Å². The number of fused-ring (bicyclic) bond motifs is 8. The quantitative estimate of drug-likeness (QED) is 0.0641. The number of hydrogen-bond acceptors (Lipinski definition) is 16. The lowest BCUT2D eigenvalue weighted by atomic mass is 9.81. The Morgan fingerprint density at radius 2 is 0.292 bits per heavy atom. The Morgan fingerprint density at radius 3 is 0.479 bits per heavy atom. The van der Waals surface area contributed by atoms with E-state index in [1.54, 1.807) is 0 Å². The molecule has 0 atom stereocenters. The number of nitrogens with two attached hydrogens (primary N) is 16. The molecule has 0 unspecified atom stereocenters. The fourth-order valence-electron chi connectivity index (χ4n) is 8.43. The van der Waals surface area contributed by atoms with Crippen LogP contribution >= 0.6 is 0 Å². The minimum atomic E-state index is 0.0927. The number of hydrogen-bond donors (Lipinski definition) is 16. The molecule has 16 heteroatoms. The van der Waals surface area contributed by atoms with Crippen LogP contribution in [-0.4, -0.2) is 0 Å². The molecular formula is C32H32N16. The maximum atomic E-state index is 7.00. The predicted octanol–water partition coefficient (Wildman–Crippen LogP) is 2.35. The van der Waals surface area contributed by atoms with Crippen LogP contribution in [0.3, 0.4) is 0 Å². The average molecular weight is 641 g/mol.